The summed E-state index contributed by atoms with van der Waals surface area (Å²) < 4.78 is 34.9. The van der Waals surface area contributed by atoms with Crippen LogP contribution in [0, 0.1) is 0 Å². The second-order valence-corrected chi connectivity index (χ2v) is 23.8. The molecule has 0 saturated carbocycles. The summed E-state index contributed by atoms with van der Waals surface area (Å²) in [6, 6.07) is 33.0. The van der Waals surface area contributed by atoms with Gasteiger partial charge in [0.05, 0.1) is 66.1 Å². The fraction of sp³-hybridized carbons (Fsp3) is 0.316. The molecule has 34 heteroatoms. The predicted molar refractivity (Wildman–Crippen MR) is 409 cm³/mol. The van der Waals surface area contributed by atoms with Crippen molar-refractivity contribution in [3.63, 3.8) is 0 Å². The number of pyridine rings is 6. The first-order valence-electron chi connectivity index (χ1n) is 35.6. The van der Waals surface area contributed by atoms with Crippen LogP contribution in [0.5, 0.6) is 11.5 Å². The number of amides is 12. The average molecular weight is 1510 g/mol. The molecule has 6 heterocycles. The molecule has 0 fully saturated rings. The molecule has 0 saturated heterocycles. The van der Waals surface area contributed by atoms with Crippen molar-refractivity contribution < 1.29 is 76.4 Å². The maximum atomic E-state index is 13.9. The summed E-state index contributed by atoms with van der Waals surface area (Å²) in [4.78, 5) is 156. The molecule has 34 nitrogen and oxygen atoms in total. The van der Waals surface area contributed by atoms with Crippen LogP contribution in [0.25, 0.3) is 0 Å². The number of rotatable bonds is 45. The van der Waals surface area contributed by atoms with E-state index in [1.165, 1.54) is 85.5 Å². The molecule has 12 amide bonds. The monoisotopic (exact) mass is 1510 g/mol. The number of aromatic nitrogens is 6. The molecule has 12 N–H and O–H groups in total. The molecule has 0 unspecified atom stereocenters. The molecule has 0 aliphatic rings. The Labute approximate surface area is 633 Å². The summed E-state index contributed by atoms with van der Waals surface area (Å²) in [5.41, 5.74) is 0.818. The van der Waals surface area contributed by atoms with Crippen LogP contribution in [0.2, 0.25) is 0 Å². The van der Waals surface area contributed by atoms with Gasteiger partial charge in [-0.2, -0.15) is 0 Å². The molecular formula is C76H88N18O16. The fourth-order valence-electron chi connectivity index (χ4n) is 9.76. The second kappa shape index (κ2) is 46.2. The van der Waals surface area contributed by atoms with Crippen LogP contribution >= 0.6 is 0 Å². The van der Waals surface area contributed by atoms with Crippen LogP contribution < -0.4 is 73.3 Å². The number of carbonyl (C=O) groups is 10. The lowest BCUT2D eigenvalue weighted by atomic mass is 10.1. The number of urea groups is 2. The summed E-state index contributed by atoms with van der Waals surface area (Å²) in [6.07, 6.45) is 10.3. The van der Waals surface area contributed by atoms with Crippen LogP contribution in [0.1, 0.15) is 127 Å². The zero-order chi connectivity index (χ0) is 77.9. The third-order valence-corrected chi connectivity index (χ3v) is 15.2. The van der Waals surface area contributed by atoms with Gasteiger partial charge in [0.25, 0.3) is 35.4 Å². The van der Waals surface area contributed by atoms with E-state index in [0.717, 1.165) is 12.8 Å². The van der Waals surface area contributed by atoms with Gasteiger partial charge in [-0.3, -0.25) is 59.6 Å². The minimum Gasteiger partial charge on any atom is -0.494 e. The van der Waals surface area contributed by atoms with Gasteiger partial charge in [-0.15, -0.1) is 0 Å². The van der Waals surface area contributed by atoms with E-state index in [-0.39, 0.29) is 184 Å². The van der Waals surface area contributed by atoms with E-state index in [9.17, 15) is 47.9 Å². The van der Waals surface area contributed by atoms with Gasteiger partial charge in [-0.25, -0.2) is 39.5 Å². The predicted octanol–water partition coefficient (Wildman–Crippen LogP) is 8.73. The van der Waals surface area contributed by atoms with E-state index >= 15 is 0 Å². The number of nitrogens with zero attached hydrogens (tertiary/aromatic N) is 6. The highest BCUT2D eigenvalue weighted by Crippen LogP contribution is 2.24. The zero-order valence-electron chi connectivity index (χ0n) is 60.8. The van der Waals surface area contributed by atoms with Crippen molar-refractivity contribution in [3.05, 3.63) is 192 Å². The standard InChI is InChI=1S/C76H88N18O16/c1-3-5-21-67(95)87-61-17-13-19-63(85-61)89-73(101)55-44-56(74(102)90-64-20-14-18-62(86-64)88-68(96)22-6-4-2)48-58(47-55)110-34-12-11-33-109-57-45-53(71(99)83-31-37-107-41-39-105-35-29-81-69(97)51-23-27-79-65(49-51)93-75(103)91-59-15-7-9-25-77-59)43-54(46-57)72(100)84-32-38-108-42-40-106-36-30-82-70(98)52-24-28-80-66(50-52)94-76(104)92-60-16-8-10-26-78-60/h7-10,13-20,23-28,43-50H,3-6,11-12,21-22,29-42H2,1-2H3,(H,81,97)(H,82,98)(H,83,99)(H,84,100)(H2,77,79,91,93,103)(H2,78,80,92,94,104)(H2,85,87,89,95,101)(H2,86,88,90,96,102). The van der Waals surface area contributed by atoms with Gasteiger partial charge < -0.3 is 71.0 Å². The molecule has 6 aromatic heterocycles. The van der Waals surface area contributed by atoms with Crippen LogP contribution in [0.4, 0.5) is 56.1 Å². The van der Waals surface area contributed by atoms with E-state index in [1.54, 1.807) is 72.8 Å². The van der Waals surface area contributed by atoms with Gasteiger partial charge in [0.1, 0.15) is 58.0 Å². The van der Waals surface area contributed by atoms with Crippen molar-refractivity contribution in [1.29, 1.82) is 0 Å². The van der Waals surface area contributed by atoms with Crippen molar-refractivity contribution in [3.8, 4) is 11.5 Å². The number of hydrogen-bond acceptors (Lipinski definition) is 22. The number of anilines is 8. The Bertz CT molecular complexity index is 4110. The van der Waals surface area contributed by atoms with Crippen LogP contribution in [-0.2, 0) is 28.5 Å². The Morgan fingerprint density at radius 1 is 0.291 bits per heavy atom. The maximum absolute atomic E-state index is 13.9. The highest BCUT2D eigenvalue weighted by Gasteiger charge is 2.20. The van der Waals surface area contributed by atoms with Crippen molar-refractivity contribution in [2.75, 3.05) is 135 Å². The number of unbranched alkanes of at least 4 members (excludes halogenated alkanes) is 3. The van der Waals surface area contributed by atoms with Gasteiger partial charge >= 0.3 is 12.1 Å². The third kappa shape index (κ3) is 30.5. The van der Waals surface area contributed by atoms with Gasteiger partial charge in [0.15, 0.2) is 0 Å². The number of nitrogens with one attached hydrogen (secondary N) is 12. The van der Waals surface area contributed by atoms with E-state index in [1.807, 2.05) is 13.8 Å². The Hall–Kier alpha value is -12.9. The third-order valence-electron chi connectivity index (χ3n) is 15.2. The van der Waals surface area contributed by atoms with E-state index in [4.69, 9.17) is 28.4 Å². The highest BCUT2D eigenvalue weighted by atomic mass is 16.5. The number of ether oxygens (including phenoxy) is 6. The summed E-state index contributed by atoms with van der Waals surface area (Å²) in [7, 11) is 0. The smallest absolute Gasteiger partial charge is 0.326 e. The molecule has 0 bridgehead atoms. The summed E-state index contributed by atoms with van der Waals surface area (Å²) >= 11 is 0. The lowest BCUT2D eigenvalue weighted by Crippen LogP contribution is -2.30. The Kier molecular flexibility index (Phi) is 34.8. The molecule has 0 radical (unpaired) electrons. The first kappa shape index (κ1) is 82.7. The highest BCUT2D eigenvalue weighted by molar-refractivity contribution is 6.09. The molecule has 0 aliphatic carbocycles. The summed E-state index contributed by atoms with van der Waals surface area (Å²) in [6.45, 7) is 5.88. The minimum absolute atomic E-state index is 0.0353. The van der Waals surface area contributed by atoms with E-state index < -0.39 is 47.5 Å². The number of hydrogen-bond donors (Lipinski definition) is 12. The lowest BCUT2D eigenvalue weighted by molar-refractivity contribution is -0.117. The van der Waals surface area contributed by atoms with Gasteiger partial charge in [0, 0.05) is 97.2 Å². The van der Waals surface area contributed by atoms with Gasteiger partial charge in [0.2, 0.25) is 11.8 Å². The van der Waals surface area contributed by atoms with Gasteiger partial charge in [-0.05, 0) is 135 Å². The van der Waals surface area contributed by atoms with Gasteiger partial charge in [-0.1, -0.05) is 51.0 Å². The topological polar surface area (TPSA) is 448 Å². The molecule has 2 aromatic carbocycles. The normalized spacial score (nSPS) is 10.7. The second-order valence-electron chi connectivity index (χ2n) is 23.8. The molecule has 0 spiro atoms. The fourth-order valence-corrected chi connectivity index (χ4v) is 9.76. The minimum atomic E-state index is -0.639. The van der Waals surface area contributed by atoms with Crippen molar-refractivity contribution >= 4 is 106 Å². The molecule has 8 aromatic rings. The van der Waals surface area contributed by atoms with Crippen LogP contribution in [0.3, 0.4) is 0 Å². The van der Waals surface area contributed by atoms with Crippen LogP contribution in [-0.4, -0.2) is 181 Å². The first-order valence-corrected chi connectivity index (χ1v) is 35.6. The van der Waals surface area contributed by atoms with Crippen molar-refractivity contribution in [2.45, 2.75) is 65.2 Å². The van der Waals surface area contributed by atoms with Crippen molar-refractivity contribution in [2.24, 2.45) is 0 Å². The zero-order valence-corrected chi connectivity index (χ0v) is 60.8. The maximum Gasteiger partial charge on any atom is 0.326 e. The molecule has 0 aliphatic heterocycles. The quantitative estimate of drug-likeness (QED) is 0.0159. The molecular weight excluding hydrogens is 1420 g/mol. The molecule has 8 rings (SSSR count). The molecule has 0 atom stereocenters. The lowest BCUT2D eigenvalue weighted by Gasteiger charge is -2.14. The molecule has 110 heavy (non-hydrogen) atoms. The number of carbonyl (C=O) groups excluding carboxylic acids is 10. The Morgan fingerprint density at radius 3 is 0.973 bits per heavy atom. The Morgan fingerprint density at radius 2 is 0.618 bits per heavy atom. The average Bonchev–Trinajstić information content (AvgIpc) is 0.831. The van der Waals surface area contributed by atoms with E-state index in [0.29, 0.717) is 50.2 Å². The molecule has 578 valence electrons. The van der Waals surface area contributed by atoms with Crippen LogP contribution in [0.15, 0.2) is 158 Å². The first-order chi connectivity index (χ1) is 53.5. The summed E-state index contributed by atoms with van der Waals surface area (Å²) in [5.74, 6) is -1.50. The summed E-state index contributed by atoms with van der Waals surface area (Å²) in [5, 5.41) is 32.3. The van der Waals surface area contributed by atoms with Crippen molar-refractivity contribution in [1.82, 2.24) is 51.2 Å². The Balaban J connectivity index is 0.812. The SMILES string of the molecule is CCCCC(=O)Nc1cccc(NC(=O)c2cc(OCCCCOc3cc(C(=O)NCCOCCOCCNC(=O)c4ccnc(NC(=O)Nc5ccccn5)c4)cc(C(=O)NCCOCCOCCNC(=O)c4ccnc(NC(=O)Nc5ccccn5)c4)c3)cc(C(=O)Nc3cccc(NC(=O)CCCC)n3)c2)n1. The number of benzene rings is 2. The largest absolute Gasteiger partial charge is 0.494 e. The van der Waals surface area contributed by atoms with E-state index in [2.05, 4.69) is 93.7 Å².